The summed E-state index contributed by atoms with van der Waals surface area (Å²) < 4.78 is 27.7. The Morgan fingerprint density at radius 2 is 1.90 bits per heavy atom. The van der Waals surface area contributed by atoms with Crippen LogP contribution in [0.25, 0.3) is 10.8 Å². The minimum atomic E-state index is -4.05. The van der Waals surface area contributed by atoms with Crippen LogP contribution < -0.4 is 4.72 Å². The highest BCUT2D eigenvalue weighted by Crippen LogP contribution is 2.32. The maximum absolute atomic E-state index is 12.8. The molecular formula is C21H20N2O4S2. The smallest absolute Gasteiger partial charge is 0.264 e. The molecule has 0 bridgehead atoms. The summed E-state index contributed by atoms with van der Waals surface area (Å²) in [5, 5.41) is 5.46. The number of rotatable bonds is 5. The summed E-state index contributed by atoms with van der Waals surface area (Å²) in [7, 11) is -4.05. The molecule has 1 N–H and O–H groups in total. The number of hydrogen-bond donors (Lipinski definition) is 1. The summed E-state index contributed by atoms with van der Waals surface area (Å²) in [6, 6.07) is 14.0. The zero-order valence-corrected chi connectivity index (χ0v) is 17.4. The van der Waals surface area contributed by atoms with Gasteiger partial charge in [0.25, 0.3) is 15.9 Å². The minimum Gasteiger partial charge on any atom is -0.328 e. The Labute approximate surface area is 173 Å². The fourth-order valence-electron chi connectivity index (χ4n) is 3.48. The molecule has 1 aliphatic rings. The van der Waals surface area contributed by atoms with Crippen molar-refractivity contribution in [1.29, 1.82) is 0 Å². The second-order valence-corrected chi connectivity index (χ2v) is 9.78. The lowest BCUT2D eigenvalue weighted by atomic mass is 9.85. The van der Waals surface area contributed by atoms with E-state index in [-0.39, 0.29) is 17.2 Å². The van der Waals surface area contributed by atoms with Gasteiger partial charge in [0.1, 0.15) is 5.54 Å². The fraction of sp³-hybridized carbons (Fsp3) is 0.238. The van der Waals surface area contributed by atoms with E-state index in [1.165, 1.54) is 28.4 Å². The lowest BCUT2D eigenvalue weighted by molar-refractivity contribution is -0.156. The second-order valence-electron chi connectivity index (χ2n) is 7.32. The van der Waals surface area contributed by atoms with Crippen molar-refractivity contribution in [3.8, 4) is 0 Å². The van der Waals surface area contributed by atoms with Crippen molar-refractivity contribution in [2.75, 3.05) is 6.54 Å². The van der Waals surface area contributed by atoms with E-state index in [0.29, 0.717) is 13.0 Å². The number of thiophene rings is 1. The normalized spacial score (nSPS) is 19.0. The van der Waals surface area contributed by atoms with E-state index in [1.54, 1.807) is 13.0 Å². The van der Waals surface area contributed by atoms with Crippen LogP contribution in [0.5, 0.6) is 0 Å². The van der Waals surface area contributed by atoms with Crippen molar-refractivity contribution in [1.82, 2.24) is 9.62 Å². The van der Waals surface area contributed by atoms with E-state index in [9.17, 15) is 18.0 Å². The Hall–Kier alpha value is -2.71. The highest BCUT2D eigenvalue weighted by molar-refractivity contribution is 7.90. The number of fused-ring (bicyclic) bond motifs is 1. The molecule has 1 unspecified atom stereocenters. The number of nitrogens with zero attached hydrogens (tertiary/aromatic N) is 1. The molecule has 1 fully saturated rings. The van der Waals surface area contributed by atoms with E-state index in [0.717, 1.165) is 16.3 Å². The molecule has 1 saturated heterocycles. The average Bonchev–Trinajstić information content (AvgIpc) is 3.18. The Kier molecular flexibility index (Phi) is 4.92. The lowest BCUT2D eigenvalue weighted by Gasteiger charge is -2.48. The number of sulfonamides is 1. The van der Waals surface area contributed by atoms with E-state index in [4.69, 9.17) is 0 Å². The summed E-state index contributed by atoms with van der Waals surface area (Å²) in [4.78, 5) is 26.9. The molecule has 1 aromatic heterocycles. The van der Waals surface area contributed by atoms with Gasteiger partial charge in [-0.3, -0.25) is 9.59 Å². The molecule has 3 aromatic rings. The molecule has 2 amide bonds. The van der Waals surface area contributed by atoms with Crippen molar-refractivity contribution < 1.29 is 18.0 Å². The molecule has 0 spiro atoms. The first-order valence-electron chi connectivity index (χ1n) is 9.17. The number of carbonyl (C=O) groups is 2. The van der Waals surface area contributed by atoms with Crippen LogP contribution in [0.3, 0.4) is 0 Å². The first-order valence-corrected chi connectivity index (χ1v) is 11.6. The molecule has 29 heavy (non-hydrogen) atoms. The quantitative estimate of drug-likeness (QED) is 0.677. The number of carbonyl (C=O) groups excluding carboxylic acids is 2. The maximum atomic E-state index is 12.8. The number of nitrogens with one attached hydrogen (secondary N) is 1. The van der Waals surface area contributed by atoms with E-state index >= 15 is 0 Å². The number of hydrogen-bond acceptors (Lipinski definition) is 5. The van der Waals surface area contributed by atoms with Gasteiger partial charge < -0.3 is 4.90 Å². The van der Waals surface area contributed by atoms with Gasteiger partial charge in [0.15, 0.2) is 0 Å². The van der Waals surface area contributed by atoms with E-state index in [1.807, 2.05) is 41.1 Å². The molecule has 2 aromatic carbocycles. The van der Waals surface area contributed by atoms with Crippen molar-refractivity contribution >= 4 is 43.9 Å². The molecule has 8 heteroatoms. The van der Waals surface area contributed by atoms with Crippen molar-refractivity contribution in [2.45, 2.75) is 30.2 Å². The van der Waals surface area contributed by atoms with Crippen LogP contribution in [0.4, 0.5) is 0 Å². The molecule has 2 heterocycles. The Morgan fingerprint density at radius 1 is 1.14 bits per heavy atom. The number of benzene rings is 2. The van der Waals surface area contributed by atoms with Gasteiger partial charge in [-0.25, -0.2) is 13.1 Å². The molecule has 4 rings (SSSR count). The SMILES string of the molecule is CC1(C(=O)NS(=O)(=O)c2ccc3ccccc3c2)CCN1C(=O)Cc1ccsc1. The van der Waals surface area contributed by atoms with Gasteiger partial charge in [-0.1, -0.05) is 30.3 Å². The first kappa shape index (κ1) is 19.6. The average molecular weight is 429 g/mol. The zero-order valence-electron chi connectivity index (χ0n) is 15.8. The first-order chi connectivity index (χ1) is 13.8. The molecule has 1 atom stereocenters. The second kappa shape index (κ2) is 7.27. The van der Waals surface area contributed by atoms with Gasteiger partial charge >= 0.3 is 0 Å². The van der Waals surface area contributed by atoms with Crippen LogP contribution in [-0.2, 0) is 26.0 Å². The van der Waals surface area contributed by atoms with Gasteiger partial charge in [0.2, 0.25) is 5.91 Å². The highest BCUT2D eigenvalue weighted by Gasteiger charge is 2.50. The van der Waals surface area contributed by atoms with E-state index < -0.39 is 21.5 Å². The summed E-state index contributed by atoms with van der Waals surface area (Å²) >= 11 is 1.50. The fourth-order valence-corrected chi connectivity index (χ4v) is 5.26. The summed E-state index contributed by atoms with van der Waals surface area (Å²) in [6.45, 7) is 2.04. The third kappa shape index (κ3) is 3.65. The third-order valence-electron chi connectivity index (χ3n) is 5.40. The predicted octanol–water partition coefficient (Wildman–Crippen LogP) is 2.94. The van der Waals surface area contributed by atoms with E-state index in [2.05, 4.69) is 4.72 Å². The van der Waals surface area contributed by atoms with Crippen molar-refractivity contribution in [3.05, 3.63) is 64.9 Å². The van der Waals surface area contributed by atoms with Crippen LogP contribution in [0, 0.1) is 0 Å². The van der Waals surface area contributed by atoms with Crippen molar-refractivity contribution in [3.63, 3.8) is 0 Å². The van der Waals surface area contributed by atoms with Crippen LogP contribution in [0.1, 0.15) is 18.9 Å². The monoisotopic (exact) mass is 428 g/mol. The third-order valence-corrected chi connectivity index (χ3v) is 7.46. The summed E-state index contributed by atoms with van der Waals surface area (Å²) in [5.74, 6) is -0.869. The Bertz CT molecular complexity index is 1190. The van der Waals surface area contributed by atoms with Crippen LogP contribution in [0.2, 0.25) is 0 Å². The van der Waals surface area contributed by atoms with Crippen LogP contribution in [-0.4, -0.2) is 37.2 Å². The molecule has 0 radical (unpaired) electrons. The summed E-state index contributed by atoms with van der Waals surface area (Å²) in [6.07, 6.45) is 0.616. The predicted molar refractivity (Wildman–Crippen MR) is 112 cm³/mol. The van der Waals surface area contributed by atoms with Gasteiger partial charge in [-0.15, -0.1) is 0 Å². The number of amides is 2. The Balaban J connectivity index is 1.51. The topological polar surface area (TPSA) is 83.6 Å². The molecular weight excluding hydrogens is 408 g/mol. The maximum Gasteiger partial charge on any atom is 0.264 e. The van der Waals surface area contributed by atoms with Gasteiger partial charge in [0.05, 0.1) is 11.3 Å². The minimum absolute atomic E-state index is 0.0172. The zero-order chi connectivity index (χ0) is 20.6. The lowest BCUT2D eigenvalue weighted by Crippen LogP contribution is -2.68. The van der Waals surface area contributed by atoms with Gasteiger partial charge in [0, 0.05) is 6.54 Å². The molecule has 0 saturated carbocycles. The molecule has 150 valence electrons. The molecule has 1 aliphatic heterocycles. The van der Waals surface area contributed by atoms with Gasteiger partial charge in [-0.2, -0.15) is 11.3 Å². The van der Waals surface area contributed by atoms with Crippen LogP contribution >= 0.6 is 11.3 Å². The standard InChI is InChI=1S/C21H20N2O4S2/c1-21(9-10-23(21)19(24)12-15-8-11-28-14-15)20(25)22-29(26,27)18-7-6-16-4-2-3-5-17(16)13-18/h2-8,11,13-14H,9-10,12H2,1H3,(H,22,25). The number of likely N-dealkylation sites (tertiary alicyclic amines) is 1. The largest absolute Gasteiger partial charge is 0.328 e. The Morgan fingerprint density at radius 3 is 2.55 bits per heavy atom. The van der Waals surface area contributed by atoms with Crippen molar-refractivity contribution in [2.24, 2.45) is 0 Å². The molecule has 0 aliphatic carbocycles. The van der Waals surface area contributed by atoms with Gasteiger partial charge in [-0.05, 0) is 58.6 Å². The molecule has 6 nitrogen and oxygen atoms in total. The summed E-state index contributed by atoms with van der Waals surface area (Å²) in [5.41, 5.74) is -0.282. The highest BCUT2D eigenvalue weighted by atomic mass is 32.2. The van der Waals surface area contributed by atoms with Crippen LogP contribution in [0.15, 0.2) is 64.2 Å².